The number of hydrogen-bond donors (Lipinski definition) is 1. The fraction of sp³-hybridized carbons (Fsp3) is 0.438. The Morgan fingerprint density at radius 2 is 1.82 bits per heavy atom. The molecule has 1 aliphatic heterocycles. The van der Waals surface area contributed by atoms with E-state index in [0.717, 1.165) is 19.3 Å². The second-order valence-electron chi connectivity index (χ2n) is 5.87. The van der Waals surface area contributed by atoms with Crippen LogP contribution in [0.5, 0.6) is 0 Å². The molecular formula is C16H20N4O2. The summed E-state index contributed by atoms with van der Waals surface area (Å²) in [6.45, 7) is 4.08. The van der Waals surface area contributed by atoms with Crippen LogP contribution < -0.4 is 5.69 Å². The van der Waals surface area contributed by atoms with Crippen molar-refractivity contribution in [1.29, 1.82) is 0 Å². The van der Waals surface area contributed by atoms with Crippen molar-refractivity contribution >= 4 is 5.91 Å². The highest BCUT2D eigenvalue weighted by molar-refractivity contribution is 5.90. The van der Waals surface area contributed by atoms with Gasteiger partial charge in [-0.25, -0.2) is 4.79 Å². The van der Waals surface area contributed by atoms with Gasteiger partial charge in [0.1, 0.15) is 0 Å². The Kier molecular flexibility index (Phi) is 3.83. The molecule has 3 rings (SSSR count). The number of carbonyl (C=O) groups excluding carboxylic acids is 1. The number of aromatic nitrogens is 3. The molecule has 1 aliphatic rings. The van der Waals surface area contributed by atoms with Gasteiger partial charge >= 0.3 is 5.69 Å². The summed E-state index contributed by atoms with van der Waals surface area (Å²) in [7, 11) is 0. The fourth-order valence-electron chi connectivity index (χ4n) is 3.11. The standard InChI is InChI=1S/C16H20N4O2/c1-11-7-6-8-12(2)19(11)15(21)14-17-16(22)20(18-14)13-9-4-3-5-10-13/h3-5,9-12H,6-8H2,1-2H3,(H,17,18,22). The van der Waals surface area contributed by atoms with Gasteiger partial charge in [0.2, 0.25) is 5.82 Å². The maximum absolute atomic E-state index is 12.7. The van der Waals surface area contributed by atoms with Gasteiger partial charge < -0.3 is 4.90 Å². The van der Waals surface area contributed by atoms with E-state index in [1.807, 2.05) is 36.9 Å². The summed E-state index contributed by atoms with van der Waals surface area (Å²) < 4.78 is 1.23. The fourth-order valence-corrected chi connectivity index (χ4v) is 3.11. The van der Waals surface area contributed by atoms with Crippen LogP contribution in [0.1, 0.15) is 43.7 Å². The Hall–Kier alpha value is -2.37. The first-order valence-corrected chi connectivity index (χ1v) is 7.65. The number of hydrogen-bond acceptors (Lipinski definition) is 3. The number of nitrogens with zero attached hydrogens (tertiary/aromatic N) is 3. The minimum Gasteiger partial charge on any atom is -0.331 e. The lowest BCUT2D eigenvalue weighted by atomic mass is 9.97. The summed E-state index contributed by atoms with van der Waals surface area (Å²) in [5.41, 5.74) is 0.245. The first kappa shape index (κ1) is 14.6. The minimum atomic E-state index is -0.396. The molecule has 6 heteroatoms. The molecule has 1 saturated heterocycles. The summed E-state index contributed by atoms with van der Waals surface area (Å²) >= 11 is 0. The molecule has 116 valence electrons. The quantitative estimate of drug-likeness (QED) is 0.921. The Balaban J connectivity index is 1.93. The Morgan fingerprint density at radius 3 is 2.45 bits per heavy atom. The zero-order chi connectivity index (χ0) is 15.7. The number of likely N-dealkylation sites (tertiary alicyclic amines) is 1. The highest BCUT2D eigenvalue weighted by Crippen LogP contribution is 2.23. The highest BCUT2D eigenvalue weighted by atomic mass is 16.2. The van der Waals surface area contributed by atoms with E-state index in [9.17, 15) is 9.59 Å². The number of H-pyrrole nitrogens is 1. The molecule has 0 aliphatic carbocycles. The van der Waals surface area contributed by atoms with Crippen LogP contribution in [0.25, 0.3) is 5.69 Å². The number of benzene rings is 1. The van der Waals surface area contributed by atoms with Crippen molar-refractivity contribution in [2.24, 2.45) is 0 Å². The molecule has 1 amide bonds. The first-order chi connectivity index (χ1) is 10.6. The van der Waals surface area contributed by atoms with Gasteiger partial charge in [0.05, 0.1) is 5.69 Å². The van der Waals surface area contributed by atoms with Crippen LogP contribution in [0.15, 0.2) is 35.1 Å². The molecule has 22 heavy (non-hydrogen) atoms. The Morgan fingerprint density at radius 1 is 1.18 bits per heavy atom. The lowest BCUT2D eigenvalue weighted by Gasteiger charge is -2.38. The number of aromatic amines is 1. The van der Waals surface area contributed by atoms with Crippen LogP contribution in [0.2, 0.25) is 0 Å². The van der Waals surface area contributed by atoms with Gasteiger partial charge in [0, 0.05) is 12.1 Å². The van der Waals surface area contributed by atoms with Gasteiger partial charge in [-0.1, -0.05) is 18.2 Å². The topological polar surface area (TPSA) is 71.0 Å². The summed E-state index contributed by atoms with van der Waals surface area (Å²) in [6.07, 6.45) is 3.10. The molecule has 0 saturated carbocycles. The number of piperidine rings is 1. The van der Waals surface area contributed by atoms with Gasteiger partial charge in [-0.2, -0.15) is 4.68 Å². The molecular weight excluding hydrogens is 280 g/mol. The molecule has 2 heterocycles. The lowest BCUT2D eigenvalue weighted by Crippen LogP contribution is -2.47. The normalized spacial score (nSPS) is 21.8. The van der Waals surface area contributed by atoms with E-state index in [2.05, 4.69) is 10.1 Å². The second-order valence-corrected chi connectivity index (χ2v) is 5.87. The van der Waals surface area contributed by atoms with E-state index >= 15 is 0 Å². The second kappa shape index (κ2) is 5.79. The molecule has 1 aromatic carbocycles. The van der Waals surface area contributed by atoms with Crippen LogP contribution in [0.4, 0.5) is 0 Å². The third-order valence-corrected chi connectivity index (χ3v) is 4.25. The van der Waals surface area contributed by atoms with E-state index in [1.165, 1.54) is 4.68 Å². The average molecular weight is 300 g/mol. The molecule has 1 N–H and O–H groups in total. The van der Waals surface area contributed by atoms with Crippen molar-refractivity contribution in [2.45, 2.75) is 45.2 Å². The Labute approximate surface area is 128 Å². The van der Waals surface area contributed by atoms with Gasteiger partial charge in [0.25, 0.3) is 5.91 Å². The number of rotatable bonds is 2. The lowest BCUT2D eigenvalue weighted by molar-refractivity contribution is 0.0498. The molecule has 1 fully saturated rings. The smallest absolute Gasteiger partial charge is 0.331 e. The van der Waals surface area contributed by atoms with Crippen molar-refractivity contribution in [1.82, 2.24) is 19.7 Å². The van der Waals surface area contributed by atoms with Crippen LogP contribution in [0.3, 0.4) is 0 Å². The van der Waals surface area contributed by atoms with Crippen molar-refractivity contribution in [3.8, 4) is 5.69 Å². The van der Waals surface area contributed by atoms with Gasteiger partial charge in [-0.3, -0.25) is 9.78 Å². The van der Waals surface area contributed by atoms with Crippen molar-refractivity contribution < 1.29 is 4.79 Å². The van der Waals surface area contributed by atoms with Crippen LogP contribution in [-0.2, 0) is 0 Å². The average Bonchev–Trinajstić information content (AvgIpc) is 2.90. The zero-order valence-electron chi connectivity index (χ0n) is 12.8. The third-order valence-electron chi connectivity index (χ3n) is 4.25. The van der Waals surface area contributed by atoms with Crippen LogP contribution in [0, 0.1) is 0 Å². The first-order valence-electron chi connectivity index (χ1n) is 7.65. The van der Waals surface area contributed by atoms with Crippen molar-refractivity contribution in [3.63, 3.8) is 0 Å². The third kappa shape index (κ3) is 2.56. The molecule has 2 atom stereocenters. The number of para-hydroxylation sites is 1. The molecule has 0 bridgehead atoms. The number of carbonyl (C=O) groups is 1. The molecule has 2 aromatic rings. The summed E-state index contributed by atoms with van der Waals surface area (Å²) in [5.74, 6) is -0.0964. The van der Waals surface area contributed by atoms with E-state index < -0.39 is 5.69 Å². The van der Waals surface area contributed by atoms with Gasteiger partial charge in [-0.15, -0.1) is 5.10 Å². The Bertz CT molecular complexity index is 709. The van der Waals surface area contributed by atoms with Gasteiger partial charge in [-0.05, 0) is 45.2 Å². The zero-order valence-corrected chi connectivity index (χ0v) is 12.8. The van der Waals surface area contributed by atoms with E-state index in [1.54, 1.807) is 12.1 Å². The van der Waals surface area contributed by atoms with E-state index in [0.29, 0.717) is 5.69 Å². The molecule has 0 spiro atoms. The van der Waals surface area contributed by atoms with Crippen LogP contribution in [-0.4, -0.2) is 37.7 Å². The predicted molar refractivity (Wildman–Crippen MR) is 83.1 cm³/mol. The maximum atomic E-state index is 12.7. The largest absolute Gasteiger partial charge is 0.348 e. The summed E-state index contributed by atoms with van der Waals surface area (Å²) in [6, 6.07) is 9.41. The molecule has 0 radical (unpaired) electrons. The van der Waals surface area contributed by atoms with Crippen molar-refractivity contribution in [3.05, 3.63) is 46.6 Å². The van der Waals surface area contributed by atoms with E-state index in [-0.39, 0.29) is 23.8 Å². The van der Waals surface area contributed by atoms with Gasteiger partial charge in [0.15, 0.2) is 0 Å². The predicted octanol–water partition coefficient (Wildman–Crippen LogP) is 1.96. The summed E-state index contributed by atoms with van der Waals surface area (Å²) in [5, 5.41) is 4.18. The molecule has 6 nitrogen and oxygen atoms in total. The minimum absolute atomic E-state index is 0.106. The summed E-state index contributed by atoms with van der Waals surface area (Å²) in [4.78, 5) is 29.2. The molecule has 2 unspecified atom stereocenters. The molecule has 1 aromatic heterocycles. The SMILES string of the molecule is CC1CCCC(C)N1C(=O)c1nn(-c2ccccc2)c(=O)[nH]1. The van der Waals surface area contributed by atoms with Crippen LogP contribution >= 0.6 is 0 Å². The van der Waals surface area contributed by atoms with Crippen molar-refractivity contribution in [2.75, 3.05) is 0 Å². The monoisotopic (exact) mass is 300 g/mol. The number of nitrogens with one attached hydrogen (secondary N) is 1. The number of amides is 1. The van der Waals surface area contributed by atoms with E-state index in [4.69, 9.17) is 0 Å². The highest BCUT2D eigenvalue weighted by Gasteiger charge is 2.31. The maximum Gasteiger partial charge on any atom is 0.348 e.